The summed E-state index contributed by atoms with van der Waals surface area (Å²) in [7, 11) is 0. The lowest BCUT2D eigenvalue weighted by atomic mass is 10.1. The number of anilines is 1. The highest BCUT2D eigenvalue weighted by Crippen LogP contribution is 2.21. The molecule has 1 aromatic rings. The molecule has 2 N–H and O–H groups in total. The van der Waals surface area contributed by atoms with E-state index in [4.69, 9.17) is 5.73 Å². The molecular formula is C8H11BrN2. The molecular weight excluding hydrogens is 204 g/mol. The number of pyridine rings is 1. The third-order valence-corrected chi connectivity index (χ3v) is 2.22. The van der Waals surface area contributed by atoms with Crippen LogP contribution in [0.15, 0.2) is 16.9 Å². The number of nitrogens with zero attached hydrogens (tertiary/aromatic N) is 1. The molecule has 0 saturated heterocycles. The highest BCUT2D eigenvalue weighted by molar-refractivity contribution is 9.10. The average molecular weight is 215 g/mol. The van der Waals surface area contributed by atoms with Crippen LogP contribution >= 0.6 is 15.9 Å². The molecule has 1 rings (SSSR count). The lowest BCUT2D eigenvalue weighted by Gasteiger charge is -2.04. The van der Waals surface area contributed by atoms with Crippen molar-refractivity contribution in [3.63, 3.8) is 0 Å². The summed E-state index contributed by atoms with van der Waals surface area (Å²) in [4.78, 5) is 3.95. The van der Waals surface area contributed by atoms with Crippen molar-refractivity contribution in [2.45, 2.75) is 19.8 Å². The van der Waals surface area contributed by atoms with Crippen LogP contribution in [0, 0.1) is 0 Å². The average Bonchev–Trinajstić information content (AvgIpc) is 1.97. The van der Waals surface area contributed by atoms with Gasteiger partial charge in [0.2, 0.25) is 0 Å². The maximum absolute atomic E-state index is 5.71. The number of hydrogen-bond donors (Lipinski definition) is 1. The summed E-state index contributed by atoms with van der Waals surface area (Å²) in [6.07, 6.45) is 5.58. The summed E-state index contributed by atoms with van der Waals surface area (Å²) in [5, 5.41) is 0. The fourth-order valence-electron chi connectivity index (χ4n) is 0.990. The second kappa shape index (κ2) is 3.72. The van der Waals surface area contributed by atoms with Gasteiger partial charge >= 0.3 is 0 Å². The fraction of sp³-hybridized carbons (Fsp3) is 0.375. The normalized spacial score (nSPS) is 10.0. The molecule has 0 aliphatic rings. The zero-order chi connectivity index (χ0) is 8.27. The number of aromatic nitrogens is 1. The molecule has 2 nitrogen and oxygen atoms in total. The van der Waals surface area contributed by atoms with Gasteiger partial charge < -0.3 is 5.73 Å². The van der Waals surface area contributed by atoms with E-state index in [2.05, 4.69) is 27.8 Å². The molecule has 11 heavy (non-hydrogen) atoms. The molecule has 0 unspecified atom stereocenters. The molecule has 0 aliphatic heterocycles. The number of rotatable bonds is 2. The third-order valence-electron chi connectivity index (χ3n) is 1.54. The van der Waals surface area contributed by atoms with Gasteiger partial charge in [0.25, 0.3) is 0 Å². The van der Waals surface area contributed by atoms with E-state index >= 15 is 0 Å². The van der Waals surface area contributed by atoms with Crippen LogP contribution < -0.4 is 5.73 Å². The third kappa shape index (κ3) is 1.93. The number of nitrogens with two attached hydrogens (primary N) is 1. The molecule has 0 radical (unpaired) electrons. The van der Waals surface area contributed by atoms with Crippen molar-refractivity contribution in [3.05, 3.63) is 22.4 Å². The monoisotopic (exact) mass is 214 g/mol. The second-order valence-corrected chi connectivity index (χ2v) is 3.29. The number of nitrogen functional groups attached to an aromatic ring is 1. The maximum Gasteiger partial charge on any atom is 0.0544 e. The smallest absolute Gasteiger partial charge is 0.0544 e. The van der Waals surface area contributed by atoms with Gasteiger partial charge in [-0.15, -0.1) is 0 Å². The molecule has 1 aromatic heterocycles. The zero-order valence-corrected chi connectivity index (χ0v) is 8.06. The van der Waals surface area contributed by atoms with E-state index in [1.165, 1.54) is 5.56 Å². The molecule has 3 heteroatoms. The first-order chi connectivity index (χ1) is 5.25. The van der Waals surface area contributed by atoms with Crippen LogP contribution in [0.2, 0.25) is 0 Å². The summed E-state index contributed by atoms with van der Waals surface area (Å²) in [5.41, 5.74) is 7.66. The van der Waals surface area contributed by atoms with Gasteiger partial charge in [0.1, 0.15) is 0 Å². The molecule has 0 atom stereocenters. The van der Waals surface area contributed by atoms with Crippen LogP contribution in [0.5, 0.6) is 0 Å². The lowest BCUT2D eigenvalue weighted by molar-refractivity contribution is 0.915. The standard InChI is InChI=1S/C8H11BrN2/c1-2-3-6-7(9)4-11-5-8(6)10/h4-5H,2-3,10H2,1H3. The molecule has 60 valence electrons. The Kier molecular flexibility index (Phi) is 2.88. The van der Waals surface area contributed by atoms with Crippen molar-refractivity contribution in [2.75, 3.05) is 5.73 Å². The SMILES string of the molecule is CCCc1c(N)cncc1Br. The van der Waals surface area contributed by atoms with E-state index in [-0.39, 0.29) is 0 Å². The number of hydrogen-bond acceptors (Lipinski definition) is 2. The van der Waals surface area contributed by atoms with Gasteiger partial charge in [-0.2, -0.15) is 0 Å². The van der Waals surface area contributed by atoms with E-state index in [1.54, 1.807) is 12.4 Å². The van der Waals surface area contributed by atoms with Gasteiger partial charge in [0.15, 0.2) is 0 Å². The number of halogens is 1. The second-order valence-electron chi connectivity index (χ2n) is 2.44. The Morgan fingerprint density at radius 1 is 1.55 bits per heavy atom. The molecule has 0 amide bonds. The van der Waals surface area contributed by atoms with E-state index in [0.717, 1.165) is 23.0 Å². The quantitative estimate of drug-likeness (QED) is 0.822. The van der Waals surface area contributed by atoms with Gasteiger partial charge in [-0.05, 0) is 27.9 Å². The first-order valence-corrected chi connectivity index (χ1v) is 4.43. The minimum atomic E-state index is 0.779. The van der Waals surface area contributed by atoms with Gasteiger partial charge in [0.05, 0.1) is 11.9 Å². The summed E-state index contributed by atoms with van der Waals surface area (Å²) in [6, 6.07) is 0. The molecule has 0 fully saturated rings. The van der Waals surface area contributed by atoms with E-state index in [0.29, 0.717) is 0 Å². The fourth-order valence-corrected chi connectivity index (χ4v) is 1.54. The predicted molar refractivity (Wildman–Crippen MR) is 50.3 cm³/mol. The van der Waals surface area contributed by atoms with Gasteiger partial charge in [-0.3, -0.25) is 4.98 Å². The maximum atomic E-state index is 5.71. The molecule has 0 saturated carbocycles. The molecule has 1 heterocycles. The minimum absolute atomic E-state index is 0.779. The Bertz CT molecular complexity index is 228. The minimum Gasteiger partial charge on any atom is -0.397 e. The van der Waals surface area contributed by atoms with Crippen molar-refractivity contribution in [1.29, 1.82) is 0 Å². The Hall–Kier alpha value is -0.570. The van der Waals surface area contributed by atoms with E-state index in [9.17, 15) is 0 Å². The van der Waals surface area contributed by atoms with Crippen molar-refractivity contribution >= 4 is 21.6 Å². The summed E-state index contributed by atoms with van der Waals surface area (Å²) in [6.45, 7) is 2.13. The Labute approximate surface area is 75.0 Å². The molecule has 0 bridgehead atoms. The Morgan fingerprint density at radius 3 is 2.82 bits per heavy atom. The van der Waals surface area contributed by atoms with Crippen LogP contribution in [0.4, 0.5) is 5.69 Å². The van der Waals surface area contributed by atoms with Crippen LogP contribution in [0.3, 0.4) is 0 Å². The lowest BCUT2D eigenvalue weighted by Crippen LogP contribution is -1.95. The van der Waals surface area contributed by atoms with Crippen LogP contribution in [-0.4, -0.2) is 4.98 Å². The first kappa shape index (κ1) is 8.53. The van der Waals surface area contributed by atoms with Gasteiger partial charge in [-0.25, -0.2) is 0 Å². The molecule has 0 aromatic carbocycles. The van der Waals surface area contributed by atoms with E-state index < -0.39 is 0 Å². The molecule has 0 aliphatic carbocycles. The summed E-state index contributed by atoms with van der Waals surface area (Å²) >= 11 is 3.41. The zero-order valence-electron chi connectivity index (χ0n) is 6.47. The highest BCUT2D eigenvalue weighted by Gasteiger charge is 2.01. The first-order valence-electron chi connectivity index (χ1n) is 3.63. The van der Waals surface area contributed by atoms with Crippen molar-refractivity contribution in [1.82, 2.24) is 4.98 Å². The van der Waals surface area contributed by atoms with Gasteiger partial charge in [0, 0.05) is 10.7 Å². The van der Waals surface area contributed by atoms with Gasteiger partial charge in [-0.1, -0.05) is 13.3 Å². The largest absolute Gasteiger partial charge is 0.397 e. The Morgan fingerprint density at radius 2 is 2.27 bits per heavy atom. The van der Waals surface area contributed by atoms with Crippen molar-refractivity contribution in [3.8, 4) is 0 Å². The highest BCUT2D eigenvalue weighted by atomic mass is 79.9. The van der Waals surface area contributed by atoms with Crippen molar-refractivity contribution in [2.24, 2.45) is 0 Å². The summed E-state index contributed by atoms with van der Waals surface area (Å²) < 4.78 is 1.01. The molecule has 0 spiro atoms. The van der Waals surface area contributed by atoms with Crippen LogP contribution in [-0.2, 0) is 6.42 Å². The topological polar surface area (TPSA) is 38.9 Å². The Balaban J connectivity index is 3.00. The van der Waals surface area contributed by atoms with Crippen LogP contribution in [0.25, 0.3) is 0 Å². The van der Waals surface area contributed by atoms with Crippen LogP contribution in [0.1, 0.15) is 18.9 Å². The summed E-state index contributed by atoms with van der Waals surface area (Å²) in [5.74, 6) is 0. The van der Waals surface area contributed by atoms with E-state index in [1.807, 2.05) is 0 Å². The van der Waals surface area contributed by atoms with Crippen molar-refractivity contribution < 1.29 is 0 Å². The predicted octanol–water partition coefficient (Wildman–Crippen LogP) is 2.38.